The van der Waals surface area contributed by atoms with Gasteiger partial charge in [-0.1, -0.05) is 97.0 Å². The summed E-state index contributed by atoms with van der Waals surface area (Å²) in [6.45, 7) is 0. The van der Waals surface area contributed by atoms with Gasteiger partial charge in [0, 0.05) is 32.9 Å². The van der Waals surface area contributed by atoms with E-state index in [-0.39, 0.29) is 46.7 Å². The van der Waals surface area contributed by atoms with E-state index in [0.717, 1.165) is 43.6 Å². The van der Waals surface area contributed by atoms with Crippen molar-refractivity contribution in [2.75, 3.05) is 0 Å². The van der Waals surface area contributed by atoms with Gasteiger partial charge in [-0.05, 0) is 59.6 Å². The minimum atomic E-state index is -0.441. The van der Waals surface area contributed by atoms with Gasteiger partial charge in [-0.2, -0.15) is 0 Å². The molecule has 2 aromatic heterocycles. The number of aromatic nitrogens is 2. The van der Waals surface area contributed by atoms with Gasteiger partial charge in [0.1, 0.15) is 0 Å². The zero-order valence-corrected chi connectivity index (χ0v) is 20.1. The summed E-state index contributed by atoms with van der Waals surface area (Å²) < 4.78 is 76.1. The predicted octanol–water partition coefficient (Wildman–Crippen LogP) is 9.55. The molecule has 0 saturated heterocycles. The number of hydrogen-bond donors (Lipinski definition) is 0. The molecule has 2 heterocycles. The first-order chi connectivity index (χ1) is 22.2. The zero-order valence-electron chi connectivity index (χ0n) is 28.1. The number of nitrogens with zero attached hydrogens (tertiary/aromatic N) is 2. The van der Waals surface area contributed by atoms with E-state index in [1.807, 2.05) is 97.1 Å². The van der Waals surface area contributed by atoms with Gasteiger partial charge in [-0.3, -0.25) is 0 Å². The van der Waals surface area contributed by atoms with Crippen molar-refractivity contribution < 1.29 is 11.0 Å². The molecule has 6 aromatic carbocycles. The van der Waals surface area contributed by atoms with Crippen LogP contribution >= 0.6 is 0 Å². The minimum Gasteiger partial charge on any atom is -0.309 e. The molecule has 0 aliphatic heterocycles. The van der Waals surface area contributed by atoms with E-state index < -0.39 is 24.2 Å². The molecule has 0 aliphatic rings. The third-order valence-corrected chi connectivity index (χ3v) is 7.08. The third-order valence-electron chi connectivity index (χ3n) is 7.08. The second kappa shape index (κ2) is 8.22. The van der Waals surface area contributed by atoms with E-state index in [1.165, 1.54) is 0 Å². The van der Waals surface area contributed by atoms with Gasteiger partial charge in [0.25, 0.3) is 0 Å². The lowest BCUT2D eigenvalue weighted by molar-refractivity contribution is 1.18. The van der Waals surface area contributed by atoms with Crippen molar-refractivity contribution in [1.82, 2.24) is 9.13 Å². The van der Waals surface area contributed by atoms with E-state index >= 15 is 0 Å². The first-order valence-corrected chi connectivity index (χ1v) is 12.4. The van der Waals surface area contributed by atoms with Crippen molar-refractivity contribution in [2.24, 2.45) is 0 Å². The average Bonchev–Trinajstić information content (AvgIpc) is 3.58. The Bertz CT molecular complexity index is 2240. The van der Waals surface area contributed by atoms with Crippen LogP contribution in [0, 0.1) is 0 Å². The molecule has 0 saturated carbocycles. The van der Waals surface area contributed by atoms with E-state index in [1.54, 1.807) is 9.13 Å². The standard InChI is InChI=1S/C36H24N2/c1-5-13-33-29(9-1)30-10-2-6-14-34(30)37(33)27-21-17-25(18-22-27)26-19-23-28(24-20-26)38-35-15-7-3-11-31(35)32-12-4-8-16-36(32)38/h1-24H/i17D,18D,19D,20D,21D,22D,23D,24D. The molecule has 0 fully saturated rings. The largest absolute Gasteiger partial charge is 0.309 e. The van der Waals surface area contributed by atoms with Gasteiger partial charge in [-0.25, -0.2) is 0 Å². The minimum absolute atomic E-state index is 0.0494. The molecule has 0 amide bonds. The molecule has 8 aromatic rings. The Kier molecular flexibility index (Phi) is 3.16. The first-order valence-electron chi connectivity index (χ1n) is 16.4. The lowest BCUT2D eigenvalue weighted by Gasteiger charge is -2.11. The summed E-state index contributed by atoms with van der Waals surface area (Å²) in [6, 6.07) is 27.2. The molecule has 0 unspecified atom stereocenters. The number of rotatable bonds is 3. The summed E-state index contributed by atoms with van der Waals surface area (Å²) >= 11 is 0. The fourth-order valence-corrected chi connectivity index (χ4v) is 5.41. The summed E-state index contributed by atoms with van der Waals surface area (Å²) in [5.74, 6) is 0. The lowest BCUT2D eigenvalue weighted by Crippen LogP contribution is -1.94. The van der Waals surface area contributed by atoms with Crippen LogP contribution in [-0.4, -0.2) is 9.13 Å². The van der Waals surface area contributed by atoms with Crippen LogP contribution in [0.1, 0.15) is 11.0 Å². The van der Waals surface area contributed by atoms with Crippen molar-refractivity contribution in [3.05, 3.63) is 145 Å². The van der Waals surface area contributed by atoms with Crippen molar-refractivity contribution in [1.29, 1.82) is 0 Å². The molecule has 178 valence electrons. The van der Waals surface area contributed by atoms with Crippen LogP contribution < -0.4 is 0 Å². The maximum Gasteiger partial charge on any atom is 0.0645 e. The van der Waals surface area contributed by atoms with Gasteiger partial charge in [0.15, 0.2) is 0 Å². The van der Waals surface area contributed by atoms with Gasteiger partial charge >= 0.3 is 0 Å². The Morgan fingerprint density at radius 1 is 0.342 bits per heavy atom. The summed E-state index contributed by atoms with van der Waals surface area (Å²) in [7, 11) is 0. The maximum atomic E-state index is 9.10. The van der Waals surface area contributed by atoms with Gasteiger partial charge in [0.2, 0.25) is 0 Å². The van der Waals surface area contributed by atoms with Crippen LogP contribution in [0.5, 0.6) is 0 Å². The Morgan fingerprint density at radius 3 is 0.895 bits per heavy atom. The molecule has 0 bridgehead atoms. The van der Waals surface area contributed by atoms with Gasteiger partial charge in [0.05, 0.1) is 33.0 Å². The summed E-state index contributed by atoms with van der Waals surface area (Å²) in [6.07, 6.45) is 0. The Hall–Kier alpha value is -5.08. The third kappa shape index (κ3) is 3.07. The monoisotopic (exact) mass is 492 g/mol. The molecule has 0 atom stereocenters. The Balaban J connectivity index is 1.41. The molecular formula is C36H24N2. The quantitative estimate of drug-likeness (QED) is 0.232. The van der Waals surface area contributed by atoms with Crippen LogP contribution in [0.15, 0.2) is 145 Å². The molecule has 0 radical (unpaired) electrons. The zero-order chi connectivity index (χ0) is 32.0. The molecule has 0 N–H and O–H groups in total. The molecule has 0 spiro atoms. The van der Waals surface area contributed by atoms with Gasteiger partial charge in [-0.15, -0.1) is 0 Å². The highest BCUT2D eigenvalue weighted by molar-refractivity contribution is 6.10. The highest BCUT2D eigenvalue weighted by atomic mass is 15.0. The number of hydrogen-bond acceptors (Lipinski definition) is 0. The average molecular weight is 493 g/mol. The topological polar surface area (TPSA) is 9.86 Å². The normalized spacial score (nSPS) is 14.6. The van der Waals surface area contributed by atoms with E-state index in [4.69, 9.17) is 11.0 Å². The molecular weight excluding hydrogens is 460 g/mol. The second-order valence-electron chi connectivity index (χ2n) is 9.19. The fourth-order valence-electron chi connectivity index (χ4n) is 5.41. The SMILES string of the molecule is [2H]c1c([2H])c(-n2c3ccccc3c3ccccc32)c([2H])c([2H])c1-c1c([2H])c([2H])c(-n2c3ccccc3c3ccccc32)c([2H])c1[2H]. The first kappa shape index (κ1) is 14.6. The highest BCUT2D eigenvalue weighted by Gasteiger charge is 2.13. The second-order valence-corrected chi connectivity index (χ2v) is 9.19. The van der Waals surface area contributed by atoms with E-state index in [0.29, 0.717) is 0 Å². The Morgan fingerprint density at radius 2 is 0.605 bits per heavy atom. The summed E-state index contributed by atoms with van der Waals surface area (Å²) in [5.41, 5.74) is 2.43. The number of benzene rings is 6. The lowest BCUT2D eigenvalue weighted by atomic mass is 10.0. The summed E-state index contributed by atoms with van der Waals surface area (Å²) in [4.78, 5) is 0. The van der Waals surface area contributed by atoms with E-state index in [2.05, 4.69) is 0 Å². The molecule has 38 heavy (non-hydrogen) atoms. The van der Waals surface area contributed by atoms with Crippen molar-refractivity contribution >= 4 is 43.6 Å². The number of fused-ring (bicyclic) bond motifs is 6. The van der Waals surface area contributed by atoms with Crippen LogP contribution in [0.4, 0.5) is 0 Å². The number of para-hydroxylation sites is 4. The van der Waals surface area contributed by atoms with Gasteiger partial charge < -0.3 is 9.13 Å². The maximum absolute atomic E-state index is 9.10. The van der Waals surface area contributed by atoms with Crippen molar-refractivity contribution in [3.8, 4) is 22.5 Å². The van der Waals surface area contributed by atoms with E-state index in [9.17, 15) is 0 Å². The van der Waals surface area contributed by atoms with Crippen molar-refractivity contribution in [2.45, 2.75) is 0 Å². The molecule has 8 rings (SSSR count). The van der Waals surface area contributed by atoms with Crippen LogP contribution in [-0.2, 0) is 0 Å². The molecule has 2 nitrogen and oxygen atoms in total. The fraction of sp³-hybridized carbons (Fsp3) is 0. The summed E-state index contributed by atoms with van der Waals surface area (Å²) in [5, 5.41) is 3.61. The smallest absolute Gasteiger partial charge is 0.0645 e. The Labute approximate surface area is 231 Å². The van der Waals surface area contributed by atoms with Crippen LogP contribution in [0.2, 0.25) is 0 Å². The highest BCUT2D eigenvalue weighted by Crippen LogP contribution is 2.34. The van der Waals surface area contributed by atoms with Crippen molar-refractivity contribution in [3.63, 3.8) is 0 Å². The predicted molar refractivity (Wildman–Crippen MR) is 161 cm³/mol. The molecule has 0 aliphatic carbocycles. The van der Waals surface area contributed by atoms with Crippen LogP contribution in [0.25, 0.3) is 66.1 Å². The van der Waals surface area contributed by atoms with Crippen LogP contribution in [0.3, 0.4) is 0 Å². The molecule has 2 heteroatoms.